The van der Waals surface area contributed by atoms with Crippen molar-refractivity contribution in [3.8, 4) is 17.2 Å². The summed E-state index contributed by atoms with van der Waals surface area (Å²) in [5.41, 5.74) is 0.123. The molecular weight excluding hydrogens is 260 g/mol. The van der Waals surface area contributed by atoms with E-state index in [2.05, 4.69) is 0 Å². The van der Waals surface area contributed by atoms with Gasteiger partial charge in [0.2, 0.25) is 5.75 Å². The zero-order valence-corrected chi connectivity index (χ0v) is 12.6. The number of ether oxygens (including phenoxy) is 3. The van der Waals surface area contributed by atoms with Crippen LogP contribution < -0.4 is 14.2 Å². The van der Waals surface area contributed by atoms with Crippen molar-refractivity contribution in [2.24, 2.45) is 5.41 Å². The van der Waals surface area contributed by atoms with Gasteiger partial charge < -0.3 is 19.3 Å². The van der Waals surface area contributed by atoms with Gasteiger partial charge in [0, 0.05) is 0 Å². The highest BCUT2D eigenvalue weighted by atomic mass is 16.5. The Labute approximate surface area is 119 Å². The van der Waals surface area contributed by atoms with Crippen LogP contribution in [-0.2, 0) is 11.2 Å². The molecule has 0 aliphatic heterocycles. The molecule has 0 saturated heterocycles. The third-order valence-corrected chi connectivity index (χ3v) is 3.38. The van der Waals surface area contributed by atoms with E-state index >= 15 is 0 Å². The highest BCUT2D eigenvalue weighted by molar-refractivity contribution is 5.73. The van der Waals surface area contributed by atoms with Crippen molar-refractivity contribution in [2.45, 2.75) is 26.7 Å². The van der Waals surface area contributed by atoms with Gasteiger partial charge in [0.15, 0.2) is 11.5 Å². The second-order valence-electron chi connectivity index (χ2n) is 5.18. The first-order chi connectivity index (χ1) is 9.37. The maximum atomic E-state index is 11.1. The molecule has 20 heavy (non-hydrogen) atoms. The Balaban J connectivity index is 3.05. The molecule has 0 aromatic heterocycles. The van der Waals surface area contributed by atoms with Crippen LogP contribution in [0.25, 0.3) is 0 Å². The topological polar surface area (TPSA) is 65.0 Å². The van der Waals surface area contributed by atoms with Gasteiger partial charge in [0.25, 0.3) is 0 Å². The van der Waals surface area contributed by atoms with Crippen molar-refractivity contribution in [3.05, 3.63) is 17.7 Å². The van der Waals surface area contributed by atoms with Gasteiger partial charge >= 0.3 is 5.97 Å². The molecule has 0 fully saturated rings. The monoisotopic (exact) mass is 282 g/mol. The third-order valence-electron chi connectivity index (χ3n) is 3.38. The predicted octanol–water partition coefficient (Wildman–Crippen LogP) is 2.76. The molecule has 0 aliphatic carbocycles. The lowest BCUT2D eigenvalue weighted by atomic mass is 9.86. The number of methoxy groups -OCH3 is 3. The summed E-state index contributed by atoms with van der Waals surface area (Å²) < 4.78 is 15.9. The van der Waals surface area contributed by atoms with E-state index in [1.807, 2.05) is 6.07 Å². The molecule has 1 rings (SSSR count). The molecule has 5 heteroatoms. The number of carbonyl (C=O) groups is 1. The summed E-state index contributed by atoms with van der Waals surface area (Å²) in [7, 11) is 4.67. The lowest BCUT2D eigenvalue weighted by Crippen LogP contribution is -2.24. The summed E-state index contributed by atoms with van der Waals surface area (Å²) in [6.07, 6.45) is 1.09. The summed E-state index contributed by atoms with van der Waals surface area (Å²) in [6.45, 7) is 3.42. The first-order valence-electron chi connectivity index (χ1n) is 6.38. The summed E-state index contributed by atoms with van der Waals surface area (Å²) in [6, 6.07) is 3.67. The zero-order chi connectivity index (χ0) is 15.3. The van der Waals surface area contributed by atoms with E-state index in [0.717, 1.165) is 5.56 Å². The zero-order valence-electron chi connectivity index (χ0n) is 12.6. The molecule has 112 valence electrons. The van der Waals surface area contributed by atoms with Crippen molar-refractivity contribution in [3.63, 3.8) is 0 Å². The molecule has 0 bridgehead atoms. The lowest BCUT2D eigenvalue weighted by molar-refractivity contribution is -0.147. The molecule has 5 nitrogen and oxygen atoms in total. The fraction of sp³-hybridized carbons (Fsp3) is 0.533. The molecular formula is C15H22O5. The Kier molecular flexibility index (Phi) is 5.25. The molecule has 0 saturated carbocycles. The number of hydrogen-bond acceptors (Lipinski definition) is 4. The second kappa shape index (κ2) is 6.50. The number of aryl methyl sites for hydroxylation is 1. The third kappa shape index (κ3) is 3.35. The van der Waals surface area contributed by atoms with Crippen LogP contribution in [0.1, 0.15) is 25.8 Å². The first-order valence-corrected chi connectivity index (χ1v) is 6.38. The van der Waals surface area contributed by atoms with Gasteiger partial charge in [-0.1, -0.05) is 6.07 Å². The minimum atomic E-state index is -0.808. The molecule has 0 atom stereocenters. The van der Waals surface area contributed by atoms with Crippen LogP contribution in [0.15, 0.2) is 12.1 Å². The van der Waals surface area contributed by atoms with Crippen LogP contribution in [0.3, 0.4) is 0 Å². The number of carboxylic acids is 1. The van der Waals surface area contributed by atoms with Gasteiger partial charge in [0.05, 0.1) is 26.7 Å². The van der Waals surface area contributed by atoms with Crippen LogP contribution >= 0.6 is 0 Å². The van der Waals surface area contributed by atoms with E-state index in [0.29, 0.717) is 30.1 Å². The van der Waals surface area contributed by atoms with Crippen molar-refractivity contribution in [2.75, 3.05) is 21.3 Å². The van der Waals surface area contributed by atoms with Crippen molar-refractivity contribution in [1.82, 2.24) is 0 Å². The maximum Gasteiger partial charge on any atom is 0.309 e. The van der Waals surface area contributed by atoms with Gasteiger partial charge in [-0.05, 0) is 38.3 Å². The largest absolute Gasteiger partial charge is 0.493 e. The minimum Gasteiger partial charge on any atom is -0.493 e. The average molecular weight is 282 g/mol. The molecule has 1 aromatic carbocycles. The Bertz CT molecular complexity index is 479. The fourth-order valence-corrected chi connectivity index (χ4v) is 1.91. The van der Waals surface area contributed by atoms with Crippen LogP contribution in [0.4, 0.5) is 0 Å². The molecule has 0 radical (unpaired) electrons. The summed E-state index contributed by atoms with van der Waals surface area (Å²) in [4.78, 5) is 11.1. The summed E-state index contributed by atoms with van der Waals surface area (Å²) in [5.74, 6) is 0.899. The normalized spacial score (nSPS) is 11.1. The van der Waals surface area contributed by atoms with Gasteiger partial charge in [-0.2, -0.15) is 0 Å². The number of aliphatic carboxylic acids is 1. The summed E-state index contributed by atoms with van der Waals surface area (Å²) >= 11 is 0. The number of hydrogen-bond donors (Lipinski definition) is 1. The molecule has 0 aliphatic rings. The van der Waals surface area contributed by atoms with E-state index in [-0.39, 0.29) is 0 Å². The average Bonchev–Trinajstić information content (AvgIpc) is 2.43. The van der Waals surface area contributed by atoms with E-state index in [4.69, 9.17) is 19.3 Å². The molecule has 1 aromatic rings. The van der Waals surface area contributed by atoms with Gasteiger partial charge in [-0.3, -0.25) is 4.79 Å². The Morgan fingerprint density at radius 3 is 2.15 bits per heavy atom. The van der Waals surface area contributed by atoms with Crippen LogP contribution in [0, 0.1) is 5.41 Å². The van der Waals surface area contributed by atoms with E-state index in [9.17, 15) is 4.79 Å². The van der Waals surface area contributed by atoms with E-state index in [1.54, 1.807) is 41.2 Å². The second-order valence-corrected chi connectivity index (χ2v) is 5.18. The van der Waals surface area contributed by atoms with Crippen molar-refractivity contribution >= 4 is 5.97 Å². The quantitative estimate of drug-likeness (QED) is 0.833. The fourth-order valence-electron chi connectivity index (χ4n) is 1.91. The SMILES string of the molecule is COc1ccc(CCC(C)(C)C(=O)O)c(OC)c1OC. The van der Waals surface area contributed by atoms with Crippen LogP contribution in [-0.4, -0.2) is 32.4 Å². The maximum absolute atomic E-state index is 11.1. The van der Waals surface area contributed by atoms with E-state index in [1.165, 1.54) is 0 Å². The smallest absolute Gasteiger partial charge is 0.309 e. The molecule has 0 amide bonds. The molecule has 1 N–H and O–H groups in total. The lowest BCUT2D eigenvalue weighted by Gasteiger charge is -2.20. The molecule has 0 spiro atoms. The summed E-state index contributed by atoms with van der Waals surface area (Å²) in [5, 5.41) is 9.15. The standard InChI is InChI=1S/C15H22O5/c1-15(2,14(16)17)9-8-10-6-7-11(18-3)13(20-5)12(10)19-4/h6-7H,8-9H2,1-5H3,(H,16,17). The van der Waals surface area contributed by atoms with Gasteiger partial charge in [-0.25, -0.2) is 0 Å². The van der Waals surface area contributed by atoms with Crippen molar-refractivity contribution in [1.29, 1.82) is 0 Å². The first kappa shape index (κ1) is 16.1. The van der Waals surface area contributed by atoms with Gasteiger partial charge in [-0.15, -0.1) is 0 Å². The van der Waals surface area contributed by atoms with E-state index < -0.39 is 11.4 Å². The highest BCUT2D eigenvalue weighted by Gasteiger charge is 2.27. The predicted molar refractivity (Wildman–Crippen MR) is 75.8 cm³/mol. The van der Waals surface area contributed by atoms with Crippen LogP contribution in [0.2, 0.25) is 0 Å². The Hall–Kier alpha value is -1.91. The highest BCUT2D eigenvalue weighted by Crippen LogP contribution is 2.40. The van der Waals surface area contributed by atoms with Gasteiger partial charge in [0.1, 0.15) is 0 Å². The number of rotatable bonds is 7. The Morgan fingerprint density at radius 1 is 1.10 bits per heavy atom. The Morgan fingerprint density at radius 2 is 1.70 bits per heavy atom. The van der Waals surface area contributed by atoms with Crippen molar-refractivity contribution < 1.29 is 24.1 Å². The molecule has 0 heterocycles. The van der Waals surface area contributed by atoms with Crippen LogP contribution in [0.5, 0.6) is 17.2 Å². The number of benzene rings is 1. The number of carboxylic acid groups (broad SMARTS) is 1. The minimum absolute atomic E-state index is 0.508. The molecule has 0 unspecified atom stereocenters.